The minimum absolute atomic E-state index is 0.0257. The molecule has 0 amide bonds. The van der Waals surface area contributed by atoms with Crippen LogP contribution in [0.3, 0.4) is 0 Å². The molecule has 0 aliphatic heterocycles. The normalized spacial score (nSPS) is 12.5. The molecule has 138 valence electrons. The Morgan fingerprint density at radius 1 is 1.12 bits per heavy atom. The predicted molar refractivity (Wildman–Crippen MR) is 88.9 cm³/mol. The summed E-state index contributed by atoms with van der Waals surface area (Å²) in [4.78, 5) is 0.0257. The highest BCUT2D eigenvalue weighted by atomic mass is 32.2. The van der Waals surface area contributed by atoms with Crippen molar-refractivity contribution in [3.8, 4) is 11.6 Å². The first kappa shape index (κ1) is 18.2. The van der Waals surface area contributed by atoms with Gasteiger partial charge >= 0.3 is 6.18 Å². The van der Waals surface area contributed by atoms with Gasteiger partial charge in [0.2, 0.25) is 15.9 Å². The lowest BCUT2D eigenvalue weighted by Gasteiger charge is -2.08. The van der Waals surface area contributed by atoms with E-state index in [1.165, 1.54) is 49.2 Å². The molecule has 0 unspecified atom stereocenters. The lowest BCUT2D eigenvalue weighted by atomic mass is 10.2. The molecule has 3 aromatic rings. The van der Waals surface area contributed by atoms with E-state index in [1.807, 2.05) is 0 Å². The van der Waals surface area contributed by atoms with Crippen molar-refractivity contribution in [3.05, 3.63) is 48.0 Å². The van der Waals surface area contributed by atoms with Crippen LogP contribution >= 0.6 is 0 Å². The number of nitrogens with zero attached hydrogens (tertiary/aromatic N) is 2. The average Bonchev–Trinajstić information content (AvgIpc) is 2.99. The number of rotatable bonds is 4. The molecule has 0 radical (unpaired) electrons. The number of alkyl halides is 3. The average molecular weight is 385 g/mol. The summed E-state index contributed by atoms with van der Waals surface area (Å²) in [6, 6.07) is 8.78. The van der Waals surface area contributed by atoms with Crippen LogP contribution in [0.15, 0.2) is 47.4 Å². The van der Waals surface area contributed by atoms with Crippen LogP contribution in [-0.2, 0) is 16.2 Å². The Balaban J connectivity index is 2.16. The number of halogens is 3. The van der Waals surface area contributed by atoms with Gasteiger partial charge in [0.05, 0.1) is 34.2 Å². The molecule has 1 heterocycles. The van der Waals surface area contributed by atoms with Crippen LogP contribution in [0.4, 0.5) is 13.2 Å². The van der Waals surface area contributed by atoms with E-state index >= 15 is 0 Å². The van der Waals surface area contributed by atoms with Gasteiger partial charge in [-0.15, -0.1) is 5.10 Å². The second kappa shape index (κ2) is 6.29. The summed E-state index contributed by atoms with van der Waals surface area (Å²) in [7, 11) is -0.992. The summed E-state index contributed by atoms with van der Waals surface area (Å²) in [5.41, 5.74) is 0.110. The smallest absolute Gasteiger partial charge is 0.416 e. The zero-order valence-corrected chi connectivity index (χ0v) is 14.5. The van der Waals surface area contributed by atoms with E-state index in [-0.39, 0.29) is 10.8 Å². The summed E-state index contributed by atoms with van der Waals surface area (Å²) in [5.74, 6) is 0.160. The monoisotopic (exact) mass is 385 g/mol. The molecule has 3 rings (SSSR count). The standard InChI is InChI=1S/C16H14F3N3O3S/c1-20-26(23,24)12-7-8-14-13(9-12)15(25-2)21-22(14)11-5-3-10(4-6-11)16(17,18)19/h3-9,20H,1-2H3. The first-order chi connectivity index (χ1) is 12.2. The van der Waals surface area contributed by atoms with Crippen LogP contribution in [-0.4, -0.2) is 32.4 Å². The van der Waals surface area contributed by atoms with Crippen molar-refractivity contribution in [2.75, 3.05) is 14.2 Å². The Hall–Kier alpha value is -2.59. The fraction of sp³-hybridized carbons (Fsp3) is 0.188. The Morgan fingerprint density at radius 2 is 1.77 bits per heavy atom. The zero-order chi connectivity index (χ0) is 19.1. The van der Waals surface area contributed by atoms with Gasteiger partial charge in [0.25, 0.3) is 0 Å². The van der Waals surface area contributed by atoms with Gasteiger partial charge in [0.1, 0.15) is 0 Å². The molecular formula is C16H14F3N3O3S. The maximum absolute atomic E-state index is 12.7. The lowest BCUT2D eigenvalue weighted by molar-refractivity contribution is -0.137. The number of fused-ring (bicyclic) bond motifs is 1. The van der Waals surface area contributed by atoms with Gasteiger partial charge < -0.3 is 4.74 Å². The zero-order valence-electron chi connectivity index (χ0n) is 13.7. The van der Waals surface area contributed by atoms with Gasteiger partial charge in [0, 0.05) is 0 Å². The van der Waals surface area contributed by atoms with Crippen molar-refractivity contribution in [1.29, 1.82) is 0 Å². The number of benzene rings is 2. The van der Waals surface area contributed by atoms with E-state index in [1.54, 1.807) is 0 Å². The van der Waals surface area contributed by atoms with E-state index in [9.17, 15) is 21.6 Å². The third-order valence-electron chi connectivity index (χ3n) is 3.83. The number of sulfonamides is 1. The van der Waals surface area contributed by atoms with Crippen molar-refractivity contribution in [2.24, 2.45) is 0 Å². The number of methoxy groups -OCH3 is 1. The molecule has 2 aromatic carbocycles. The fourth-order valence-electron chi connectivity index (χ4n) is 2.49. The van der Waals surface area contributed by atoms with Gasteiger partial charge in [-0.25, -0.2) is 17.8 Å². The van der Waals surface area contributed by atoms with Gasteiger partial charge in [-0.2, -0.15) is 13.2 Å². The molecule has 26 heavy (non-hydrogen) atoms. The van der Waals surface area contributed by atoms with Gasteiger partial charge in [-0.1, -0.05) is 0 Å². The Labute approximate surface area is 147 Å². The topological polar surface area (TPSA) is 73.2 Å². The summed E-state index contributed by atoms with van der Waals surface area (Å²) < 4.78 is 70.9. The maximum Gasteiger partial charge on any atom is 0.416 e. The maximum atomic E-state index is 12.7. The Kier molecular flexibility index (Phi) is 4.41. The highest BCUT2D eigenvalue weighted by Crippen LogP contribution is 2.32. The number of aromatic nitrogens is 2. The van der Waals surface area contributed by atoms with Crippen LogP contribution in [0.2, 0.25) is 0 Å². The van der Waals surface area contributed by atoms with Crippen LogP contribution in [0.1, 0.15) is 5.56 Å². The van der Waals surface area contributed by atoms with E-state index in [0.29, 0.717) is 16.6 Å². The minimum atomic E-state index is -4.43. The summed E-state index contributed by atoms with van der Waals surface area (Å²) in [6.45, 7) is 0. The van der Waals surface area contributed by atoms with Gasteiger partial charge in [-0.05, 0) is 49.5 Å². The number of nitrogens with one attached hydrogen (secondary N) is 1. The number of hydrogen-bond donors (Lipinski definition) is 1. The van der Waals surface area contributed by atoms with E-state index in [0.717, 1.165) is 12.1 Å². The van der Waals surface area contributed by atoms with Crippen molar-refractivity contribution in [3.63, 3.8) is 0 Å². The molecule has 10 heteroatoms. The molecular weight excluding hydrogens is 371 g/mol. The van der Waals surface area contributed by atoms with Crippen molar-refractivity contribution in [1.82, 2.24) is 14.5 Å². The molecule has 0 atom stereocenters. The van der Waals surface area contributed by atoms with Crippen LogP contribution in [0, 0.1) is 0 Å². The first-order valence-corrected chi connectivity index (χ1v) is 8.83. The molecule has 0 spiro atoms. The van der Waals surface area contributed by atoms with Crippen molar-refractivity contribution < 1.29 is 26.3 Å². The fourth-order valence-corrected chi connectivity index (χ4v) is 3.25. The van der Waals surface area contributed by atoms with Gasteiger partial charge in [0.15, 0.2) is 0 Å². The number of hydrogen-bond acceptors (Lipinski definition) is 4. The molecule has 1 aromatic heterocycles. The van der Waals surface area contributed by atoms with Crippen molar-refractivity contribution in [2.45, 2.75) is 11.1 Å². The Morgan fingerprint density at radius 3 is 2.31 bits per heavy atom. The Bertz CT molecular complexity index is 1060. The summed E-state index contributed by atoms with van der Waals surface area (Å²) >= 11 is 0. The van der Waals surface area contributed by atoms with E-state index in [2.05, 4.69) is 9.82 Å². The molecule has 0 fully saturated rings. The SMILES string of the molecule is CNS(=O)(=O)c1ccc2c(c1)c(OC)nn2-c1ccc(C(F)(F)F)cc1. The summed E-state index contributed by atoms with van der Waals surface area (Å²) in [6.07, 6.45) is -4.43. The minimum Gasteiger partial charge on any atom is -0.479 e. The highest BCUT2D eigenvalue weighted by Gasteiger charge is 2.30. The molecule has 0 bridgehead atoms. The third-order valence-corrected chi connectivity index (χ3v) is 5.24. The van der Waals surface area contributed by atoms with Crippen LogP contribution in [0.5, 0.6) is 5.88 Å². The van der Waals surface area contributed by atoms with E-state index in [4.69, 9.17) is 4.74 Å². The molecule has 1 N–H and O–H groups in total. The quantitative estimate of drug-likeness (QED) is 0.750. The van der Waals surface area contributed by atoms with Crippen molar-refractivity contribution >= 4 is 20.9 Å². The molecule has 0 saturated carbocycles. The van der Waals surface area contributed by atoms with Crippen LogP contribution < -0.4 is 9.46 Å². The van der Waals surface area contributed by atoms with Gasteiger partial charge in [-0.3, -0.25) is 0 Å². The highest BCUT2D eigenvalue weighted by molar-refractivity contribution is 7.89. The molecule has 6 nitrogen and oxygen atoms in total. The second-order valence-corrected chi connectivity index (χ2v) is 7.24. The predicted octanol–water partition coefficient (Wildman–Crippen LogP) is 2.96. The van der Waals surface area contributed by atoms with E-state index < -0.39 is 21.8 Å². The third kappa shape index (κ3) is 3.13. The molecule has 0 aliphatic carbocycles. The van der Waals surface area contributed by atoms with Crippen LogP contribution in [0.25, 0.3) is 16.6 Å². The molecule has 0 saturated heterocycles. The molecule has 0 aliphatic rings. The lowest BCUT2D eigenvalue weighted by Crippen LogP contribution is -2.18. The summed E-state index contributed by atoms with van der Waals surface area (Å²) in [5, 5.41) is 4.64. The second-order valence-electron chi connectivity index (χ2n) is 5.35. The number of ether oxygens (including phenoxy) is 1. The largest absolute Gasteiger partial charge is 0.479 e. The first-order valence-electron chi connectivity index (χ1n) is 7.35.